The number of hydrogen-bond acceptors (Lipinski definition) is 6. The number of aromatic nitrogens is 2. The lowest BCUT2D eigenvalue weighted by Crippen LogP contribution is -2.43. The van der Waals surface area contributed by atoms with Crippen molar-refractivity contribution < 1.29 is 19.7 Å². The molecule has 1 saturated heterocycles. The number of carbonyl (C=O) groups excluding carboxylic acids is 1. The Hall–Kier alpha value is -1.77. The third-order valence-electron chi connectivity index (χ3n) is 3.02. The van der Waals surface area contributed by atoms with E-state index in [0.29, 0.717) is 4.57 Å². The van der Waals surface area contributed by atoms with Gasteiger partial charge in [-0.3, -0.25) is 14.2 Å². The fourth-order valence-corrected chi connectivity index (χ4v) is 2.05. The molecule has 1 aromatic rings. The lowest BCUT2D eigenvalue weighted by molar-refractivity contribution is -0.0462. The van der Waals surface area contributed by atoms with Gasteiger partial charge in [0.05, 0.1) is 12.7 Å². The van der Waals surface area contributed by atoms with Crippen LogP contribution >= 0.6 is 0 Å². The Balaban J connectivity index is 2.43. The van der Waals surface area contributed by atoms with Crippen LogP contribution in [-0.4, -0.2) is 44.1 Å². The first-order chi connectivity index (χ1) is 8.95. The summed E-state index contributed by atoms with van der Waals surface area (Å²) in [6.07, 6.45) is -1.19. The largest absolute Gasteiger partial charge is 0.394 e. The molecule has 8 nitrogen and oxygen atoms in total. The molecule has 0 bridgehead atoms. The van der Waals surface area contributed by atoms with Crippen LogP contribution in [0.5, 0.6) is 0 Å². The summed E-state index contributed by atoms with van der Waals surface area (Å²) in [5.41, 5.74) is -1.54. The van der Waals surface area contributed by atoms with Crippen molar-refractivity contribution in [2.24, 2.45) is 0 Å². The van der Waals surface area contributed by atoms with Crippen molar-refractivity contribution in [2.45, 2.75) is 31.8 Å². The summed E-state index contributed by atoms with van der Waals surface area (Å²) in [4.78, 5) is 34.7. The van der Waals surface area contributed by atoms with Crippen molar-refractivity contribution in [1.29, 1.82) is 0 Å². The van der Waals surface area contributed by atoms with E-state index in [9.17, 15) is 19.5 Å². The third-order valence-corrected chi connectivity index (χ3v) is 3.02. The van der Waals surface area contributed by atoms with Crippen LogP contribution in [0.2, 0.25) is 0 Å². The van der Waals surface area contributed by atoms with Gasteiger partial charge in [0.15, 0.2) is 0 Å². The Morgan fingerprint density at radius 1 is 1.53 bits per heavy atom. The lowest BCUT2D eigenvalue weighted by atomic mass is 10.2. The second kappa shape index (κ2) is 5.08. The van der Waals surface area contributed by atoms with Crippen LogP contribution in [0.4, 0.5) is 0 Å². The molecule has 1 aliphatic heterocycles. The van der Waals surface area contributed by atoms with E-state index in [2.05, 4.69) is 0 Å². The summed E-state index contributed by atoms with van der Waals surface area (Å²) in [5.74, 6) is -0.693. The number of hydrogen-bond donors (Lipinski definition) is 2. The molecule has 3 unspecified atom stereocenters. The van der Waals surface area contributed by atoms with Crippen LogP contribution in [0, 0.1) is 0 Å². The maximum atomic E-state index is 12.0. The molecule has 0 amide bonds. The zero-order chi connectivity index (χ0) is 14.2. The molecule has 1 aromatic heterocycles. The molecule has 19 heavy (non-hydrogen) atoms. The minimum Gasteiger partial charge on any atom is -0.394 e. The number of nitrogens with zero attached hydrogens (tertiary/aromatic N) is 2. The topological polar surface area (TPSA) is 111 Å². The summed E-state index contributed by atoms with van der Waals surface area (Å²) >= 11 is 0. The first-order valence-electron chi connectivity index (χ1n) is 5.75. The molecule has 0 saturated carbocycles. The average molecular weight is 270 g/mol. The van der Waals surface area contributed by atoms with Gasteiger partial charge in [0.2, 0.25) is 5.91 Å². The fourth-order valence-electron chi connectivity index (χ4n) is 2.05. The van der Waals surface area contributed by atoms with E-state index in [-0.39, 0.29) is 13.0 Å². The molecule has 0 radical (unpaired) electrons. The van der Waals surface area contributed by atoms with Crippen LogP contribution in [-0.2, 0) is 4.74 Å². The lowest BCUT2D eigenvalue weighted by Gasteiger charge is -2.15. The Bertz CT molecular complexity index is 604. The number of rotatable bonds is 2. The molecular weight excluding hydrogens is 256 g/mol. The summed E-state index contributed by atoms with van der Waals surface area (Å²) in [5, 5.41) is 18.6. The summed E-state index contributed by atoms with van der Waals surface area (Å²) in [6, 6.07) is 1.07. The van der Waals surface area contributed by atoms with Gasteiger partial charge in [-0.05, 0) is 0 Å². The third kappa shape index (κ3) is 2.37. The Kier molecular flexibility index (Phi) is 3.65. The van der Waals surface area contributed by atoms with Gasteiger partial charge in [0.25, 0.3) is 5.56 Å². The molecule has 2 heterocycles. The van der Waals surface area contributed by atoms with Crippen molar-refractivity contribution in [3.05, 3.63) is 33.1 Å². The normalized spacial score (nSPS) is 26.6. The SMILES string of the molecule is CC(=O)n1c(=O)ccn(C2CC(O)C(CO)O2)c1=O. The summed E-state index contributed by atoms with van der Waals surface area (Å²) < 4.78 is 6.85. The van der Waals surface area contributed by atoms with Crippen molar-refractivity contribution in [2.75, 3.05) is 6.61 Å². The maximum Gasteiger partial charge on any atom is 0.340 e. The fraction of sp³-hybridized carbons (Fsp3) is 0.545. The van der Waals surface area contributed by atoms with E-state index in [1.165, 1.54) is 6.20 Å². The molecule has 0 aliphatic carbocycles. The van der Waals surface area contributed by atoms with Crippen LogP contribution in [0.3, 0.4) is 0 Å². The van der Waals surface area contributed by atoms with E-state index in [0.717, 1.165) is 17.6 Å². The monoisotopic (exact) mass is 270 g/mol. The molecule has 104 valence electrons. The highest BCUT2D eigenvalue weighted by atomic mass is 16.5. The standard InChI is InChI=1S/C11H14N2O6/c1-6(15)13-9(17)2-3-12(11(13)18)10-4-7(16)8(5-14)19-10/h2-3,7-8,10,14,16H,4-5H2,1H3. The van der Waals surface area contributed by atoms with Crippen molar-refractivity contribution in [1.82, 2.24) is 9.13 Å². The number of aliphatic hydroxyl groups is 2. The highest BCUT2D eigenvalue weighted by molar-refractivity contribution is 5.75. The van der Waals surface area contributed by atoms with Crippen molar-refractivity contribution >= 4 is 5.91 Å². The predicted molar refractivity (Wildman–Crippen MR) is 62.9 cm³/mol. The second-order valence-corrected chi connectivity index (χ2v) is 4.31. The molecular formula is C11H14N2O6. The van der Waals surface area contributed by atoms with Gasteiger partial charge in [-0.1, -0.05) is 0 Å². The van der Waals surface area contributed by atoms with Gasteiger partial charge in [0, 0.05) is 25.6 Å². The average Bonchev–Trinajstić information content (AvgIpc) is 2.70. The second-order valence-electron chi connectivity index (χ2n) is 4.31. The molecule has 8 heteroatoms. The van der Waals surface area contributed by atoms with Gasteiger partial charge in [-0.25, -0.2) is 4.79 Å². The summed E-state index contributed by atoms with van der Waals surface area (Å²) in [7, 11) is 0. The van der Waals surface area contributed by atoms with E-state index >= 15 is 0 Å². The molecule has 3 atom stereocenters. The van der Waals surface area contributed by atoms with Gasteiger partial charge < -0.3 is 14.9 Å². The quantitative estimate of drug-likeness (QED) is 0.663. The van der Waals surface area contributed by atoms with Crippen LogP contribution < -0.4 is 11.2 Å². The number of carbonyl (C=O) groups is 1. The minimum absolute atomic E-state index is 0.0985. The maximum absolute atomic E-state index is 12.0. The smallest absolute Gasteiger partial charge is 0.340 e. The predicted octanol–water partition coefficient (Wildman–Crippen LogP) is -1.69. The highest BCUT2D eigenvalue weighted by Crippen LogP contribution is 2.26. The highest BCUT2D eigenvalue weighted by Gasteiger charge is 2.35. The van der Waals surface area contributed by atoms with E-state index in [4.69, 9.17) is 9.84 Å². The number of aliphatic hydroxyl groups excluding tert-OH is 2. The van der Waals surface area contributed by atoms with Crippen LogP contribution in [0.15, 0.2) is 21.9 Å². The van der Waals surface area contributed by atoms with E-state index in [1.807, 2.05) is 0 Å². The zero-order valence-electron chi connectivity index (χ0n) is 10.2. The Morgan fingerprint density at radius 2 is 2.21 bits per heavy atom. The van der Waals surface area contributed by atoms with Crippen LogP contribution in [0.25, 0.3) is 0 Å². The molecule has 1 aliphatic rings. The number of ether oxygens (including phenoxy) is 1. The zero-order valence-corrected chi connectivity index (χ0v) is 10.2. The molecule has 2 rings (SSSR count). The van der Waals surface area contributed by atoms with Crippen molar-refractivity contribution in [3.8, 4) is 0 Å². The first kappa shape index (κ1) is 13.7. The van der Waals surface area contributed by atoms with Crippen molar-refractivity contribution in [3.63, 3.8) is 0 Å². The molecule has 0 aromatic carbocycles. The van der Waals surface area contributed by atoms with Gasteiger partial charge >= 0.3 is 5.69 Å². The van der Waals surface area contributed by atoms with Gasteiger partial charge in [-0.15, -0.1) is 0 Å². The van der Waals surface area contributed by atoms with Gasteiger partial charge in [0.1, 0.15) is 12.3 Å². The Morgan fingerprint density at radius 3 is 2.74 bits per heavy atom. The minimum atomic E-state index is -0.903. The van der Waals surface area contributed by atoms with E-state index in [1.54, 1.807) is 0 Å². The molecule has 2 N–H and O–H groups in total. The first-order valence-corrected chi connectivity index (χ1v) is 5.75. The Labute approximate surface area is 107 Å². The van der Waals surface area contributed by atoms with E-state index < -0.39 is 35.6 Å². The summed E-state index contributed by atoms with van der Waals surface area (Å²) in [6.45, 7) is 0.729. The molecule has 1 fully saturated rings. The van der Waals surface area contributed by atoms with Gasteiger partial charge in [-0.2, -0.15) is 4.57 Å². The van der Waals surface area contributed by atoms with Crippen LogP contribution in [0.1, 0.15) is 24.4 Å². The molecule has 0 spiro atoms.